The molecule has 0 spiro atoms. The lowest BCUT2D eigenvalue weighted by Crippen LogP contribution is -2.13. The number of aromatic nitrogens is 1. The van der Waals surface area contributed by atoms with Crippen molar-refractivity contribution in [1.29, 1.82) is 0 Å². The summed E-state index contributed by atoms with van der Waals surface area (Å²) in [5, 5.41) is 6.23. The van der Waals surface area contributed by atoms with Crippen molar-refractivity contribution < 1.29 is 4.79 Å². The molecule has 0 radical (unpaired) electrons. The smallest absolute Gasteiger partial charge is 0.256 e. The van der Waals surface area contributed by atoms with Gasteiger partial charge in [0.25, 0.3) is 5.91 Å². The standard InChI is InChI=1S/C24H14BrClN2OS/c25-14-11-12-20(18(13-14)24-28-21-9-1-2-10-22(21)30-24)27-23(29)17-7-3-6-16-15(17)5-4-8-19(16)26/h1-13H,(H,27,29). The Kier molecular flexibility index (Phi) is 5.03. The summed E-state index contributed by atoms with van der Waals surface area (Å²) in [7, 11) is 0. The second-order valence-electron chi connectivity index (χ2n) is 6.77. The Bertz CT molecular complexity index is 1400. The number of carbonyl (C=O) groups excluding carboxylic acids is 1. The largest absolute Gasteiger partial charge is 0.321 e. The van der Waals surface area contributed by atoms with Gasteiger partial charge in [0.2, 0.25) is 0 Å². The highest BCUT2D eigenvalue weighted by Gasteiger charge is 2.16. The van der Waals surface area contributed by atoms with Gasteiger partial charge in [-0.25, -0.2) is 4.98 Å². The maximum absolute atomic E-state index is 13.2. The van der Waals surface area contributed by atoms with E-state index < -0.39 is 0 Å². The Balaban J connectivity index is 1.57. The van der Waals surface area contributed by atoms with Crippen LogP contribution in [0.5, 0.6) is 0 Å². The van der Waals surface area contributed by atoms with E-state index in [0.29, 0.717) is 16.3 Å². The fraction of sp³-hybridized carbons (Fsp3) is 0. The maximum atomic E-state index is 13.2. The summed E-state index contributed by atoms with van der Waals surface area (Å²) < 4.78 is 2.03. The van der Waals surface area contributed by atoms with Gasteiger partial charge in [-0.15, -0.1) is 11.3 Å². The predicted molar refractivity (Wildman–Crippen MR) is 130 cm³/mol. The summed E-state index contributed by atoms with van der Waals surface area (Å²) in [5.41, 5.74) is 3.10. The number of thiazole rings is 1. The molecule has 0 bridgehead atoms. The molecule has 4 aromatic carbocycles. The first kappa shape index (κ1) is 19.2. The zero-order valence-electron chi connectivity index (χ0n) is 15.5. The molecule has 0 atom stereocenters. The van der Waals surface area contributed by atoms with Crippen LogP contribution in [0.1, 0.15) is 10.4 Å². The molecule has 1 N–H and O–H groups in total. The van der Waals surface area contributed by atoms with Crippen molar-refractivity contribution in [3.8, 4) is 10.6 Å². The minimum absolute atomic E-state index is 0.187. The van der Waals surface area contributed by atoms with E-state index in [1.54, 1.807) is 11.3 Å². The van der Waals surface area contributed by atoms with Gasteiger partial charge in [0.15, 0.2) is 0 Å². The number of carbonyl (C=O) groups is 1. The highest BCUT2D eigenvalue weighted by Crippen LogP contribution is 2.36. The van der Waals surface area contributed by atoms with Gasteiger partial charge in [-0.1, -0.05) is 63.9 Å². The highest BCUT2D eigenvalue weighted by atomic mass is 79.9. The van der Waals surface area contributed by atoms with Crippen LogP contribution in [-0.2, 0) is 0 Å². The Morgan fingerprint density at radius 3 is 2.60 bits per heavy atom. The molecule has 5 rings (SSSR count). The summed E-state index contributed by atoms with van der Waals surface area (Å²) >= 11 is 11.4. The lowest BCUT2D eigenvalue weighted by Gasteiger charge is -2.12. The van der Waals surface area contributed by atoms with Crippen LogP contribution >= 0.6 is 38.9 Å². The fourth-order valence-corrected chi connectivity index (χ4v) is 5.04. The molecule has 3 nitrogen and oxygen atoms in total. The number of rotatable bonds is 3. The number of para-hydroxylation sites is 1. The molecule has 6 heteroatoms. The molecule has 0 fully saturated rings. The highest BCUT2D eigenvalue weighted by molar-refractivity contribution is 9.10. The van der Waals surface area contributed by atoms with Crippen molar-refractivity contribution in [1.82, 2.24) is 4.98 Å². The van der Waals surface area contributed by atoms with E-state index in [9.17, 15) is 4.79 Å². The lowest BCUT2D eigenvalue weighted by molar-refractivity contribution is 0.102. The zero-order valence-corrected chi connectivity index (χ0v) is 18.7. The monoisotopic (exact) mass is 492 g/mol. The van der Waals surface area contributed by atoms with Crippen LogP contribution in [0, 0.1) is 0 Å². The van der Waals surface area contributed by atoms with Crippen LogP contribution in [0.2, 0.25) is 5.02 Å². The number of fused-ring (bicyclic) bond motifs is 2. The molecule has 0 aliphatic heterocycles. The van der Waals surface area contributed by atoms with Crippen molar-refractivity contribution in [3.05, 3.63) is 93.9 Å². The number of amides is 1. The third-order valence-electron chi connectivity index (χ3n) is 4.87. The third-order valence-corrected chi connectivity index (χ3v) is 6.76. The van der Waals surface area contributed by atoms with Crippen LogP contribution in [0.3, 0.4) is 0 Å². The van der Waals surface area contributed by atoms with E-state index in [2.05, 4.69) is 21.2 Å². The van der Waals surface area contributed by atoms with Gasteiger partial charge in [0.1, 0.15) is 5.01 Å². The number of hydrogen-bond donors (Lipinski definition) is 1. The number of halogens is 2. The molecule has 146 valence electrons. The topological polar surface area (TPSA) is 42.0 Å². The lowest BCUT2D eigenvalue weighted by atomic mass is 10.0. The first-order chi connectivity index (χ1) is 14.6. The van der Waals surface area contributed by atoms with Gasteiger partial charge < -0.3 is 5.32 Å². The molecule has 1 aromatic heterocycles. The Morgan fingerprint density at radius 1 is 0.933 bits per heavy atom. The van der Waals surface area contributed by atoms with Crippen molar-refractivity contribution in [2.75, 3.05) is 5.32 Å². The molecular weight excluding hydrogens is 480 g/mol. The summed E-state index contributed by atoms with van der Waals surface area (Å²) in [6, 6.07) is 25.0. The molecule has 0 aliphatic carbocycles. The normalized spacial score (nSPS) is 11.1. The first-order valence-corrected chi connectivity index (χ1v) is 11.2. The van der Waals surface area contributed by atoms with Crippen LogP contribution < -0.4 is 5.32 Å². The third kappa shape index (κ3) is 3.49. The van der Waals surface area contributed by atoms with E-state index in [1.807, 2.05) is 78.9 Å². The van der Waals surface area contributed by atoms with Gasteiger partial charge in [-0.05, 0) is 47.9 Å². The van der Waals surface area contributed by atoms with Crippen molar-refractivity contribution in [2.24, 2.45) is 0 Å². The van der Waals surface area contributed by atoms with E-state index >= 15 is 0 Å². The minimum Gasteiger partial charge on any atom is -0.321 e. The molecule has 5 aromatic rings. The Morgan fingerprint density at radius 2 is 1.73 bits per heavy atom. The van der Waals surface area contributed by atoms with Crippen LogP contribution in [0.4, 0.5) is 5.69 Å². The van der Waals surface area contributed by atoms with Gasteiger partial charge in [-0.3, -0.25) is 4.79 Å². The van der Waals surface area contributed by atoms with Crippen LogP contribution in [0.25, 0.3) is 31.6 Å². The second kappa shape index (κ2) is 7.84. The average molecular weight is 494 g/mol. The van der Waals surface area contributed by atoms with Gasteiger partial charge in [-0.2, -0.15) is 0 Å². The van der Waals surface area contributed by atoms with Crippen molar-refractivity contribution in [2.45, 2.75) is 0 Å². The van der Waals surface area contributed by atoms with E-state index in [-0.39, 0.29) is 5.91 Å². The van der Waals surface area contributed by atoms with E-state index in [0.717, 1.165) is 36.0 Å². The van der Waals surface area contributed by atoms with E-state index in [1.165, 1.54) is 0 Å². The molecule has 0 aliphatic rings. The van der Waals surface area contributed by atoms with Crippen LogP contribution in [-0.4, -0.2) is 10.9 Å². The molecule has 0 unspecified atom stereocenters. The molecule has 0 saturated carbocycles. The Labute approximate surface area is 190 Å². The summed E-state index contributed by atoms with van der Waals surface area (Å²) in [6.07, 6.45) is 0. The average Bonchev–Trinajstić information content (AvgIpc) is 3.19. The van der Waals surface area contributed by atoms with Crippen molar-refractivity contribution >= 4 is 71.5 Å². The zero-order chi connectivity index (χ0) is 20.7. The Hall–Kier alpha value is -2.73. The quantitative estimate of drug-likeness (QED) is 0.279. The fourth-order valence-electron chi connectivity index (χ4n) is 3.45. The number of hydrogen-bond acceptors (Lipinski definition) is 3. The number of nitrogens with one attached hydrogen (secondary N) is 1. The number of anilines is 1. The van der Waals surface area contributed by atoms with Crippen LogP contribution in [0.15, 0.2) is 83.3 Å². The summed E-state index contributed by atoms with van der Waals surface area (Å²) in [6.45, 7) is 0. The maximum Gasteiger partial charge on any atom is 0.256 e. The van der Waals surface area contributed by atoms with Crippen molar-refractivity contribution in [3.63, 3.8) is 0 Å². The SMILES string of the molecule is O=C(Nc1ccc(Br)cc1-c1nc2ccccc2s1)c1cccc2c(Cl)cccc12. The molecule has 1 heterocycles. The first-order valence-electron chi connectivity index (χ1n) is 9.24. The molecular formula is C24H14BrClN2OS. The van der Waals surface area contributed by atoms with Gasteiger partial charge in [0.05, 0.1) is 15.9 Å². The van der Waals surface area contributed by atoms with Gasteiger partial charge >= 0.3 is 0 Å². The summed E-state index contributed by atoms with van der Waals surface area (Å²) in [5.74, 6) is -0.187. The van der Waals surface area contributed by atoms with Gasteiger partial charge in [0, 0.05) is 26.0 Å². The number of nitrogens with zero attached hydrogens (tertiary/aromatic N) is 1. The second-order valence-corrected chi connectivity index (χ2v) is 9.12. The molecule has 1 amide bonds. The number of benzene rings is 4. The summed E-state index contributed by atoms with van der Waals surface area (Å²) in [4.78, 5) is 18.0. The molecule has 30 heavy (non-hydrogen) atoms. The van der Waals surface area contributed by atoms with E-state index in [4.69, 9.17) is 16.6 Å². The molecule has 0 saturated heterocycles. The predicted octanol–water partition coefficient (Wildman–Crippen LogP) is 7.78. The minimum atomic E-state index is -0.187.